The lowest BCUT2D eigenvalue weighted by Crippen LogP contribution is -2.42. The number of para-hydroxylation sites is 1. The van der Waals surface area contributed by atoms with Gasteiger partial charge >= 0.3 is 5.97 Å². The van der Waals surface area contributed by atoms with Gasteiger partial charge in [-0.05, 0) is 43.7 Å². The zero-order chi connectivity index (χ0) is 19.5. The Hall–Kier alpha value is -3.12. The summed E-state index contributed by atoms with van der Waals surface area (Å²) in [6.45, 7) is 1.20. The van der Waals surface area contributed by atoms with E-state index in [1.165, 1.54) is 0 Å². The summed E-state index contributed by atoms with van der Waals surface area (Å²) in [5.41, 5.74) is 3.83. The van der Waals surface area contributed by atoms with Crippen molar-refractivity contribution in [2.24, 2.45) is 5.92 Å². The van der Waals surface area contributed by atoms with Gasteiger partial charge in [-0.25, -0.2) is 0 Å². The molecule has 144 valence electrons. The second-order valence-corrected chi connectivity index (χ2v) is 7.31. The molecule has 0 aliphatic carbocycles. The van der Waals surface area contributed by atoms with Crippen molar-refractivity contribution in [3.8, 4) is 11.3 Å². The number of nitrogens with zero attached hydrogens (tertiary/aromatic N) is 1. The molecule has 1 fully saturated rings. The fraction of sp³-hybridized carbons (Fsp3) is 0.273. The minimum absolute atomic E-state index is 0.0142. The van der Waals surface area contributed by atoms with Gasteiger partial charge < -0.3 is 15.4 Å². The number of benzene rings is 2. The molecule has 1 saturated heterocycles. The Bertz CT molecular complexity index is 978. The quantitative estimate of drug-likeness (QED) is 0.635. The largest absolute Gasteiger partial charge is 0.480 e. The van der Waals surface area contributed by atoms with Crippen LogP contribution < -0.4 is 5.32 Å². The molecule has 2 aromatic carbocycles. The molecular formula is C22H23N3O3. The predicted octanol–water partition coefficient (Wildman–Crippen LogP) is 3.57. The van der Waals surface area contributed by atoms with Crippen LogP contribution in [0.5, 0.6) is 0 Å². The number of anilines is 1. The Morgan fingerprint density at radius 1 is 1.14 bits per heavy atom. The number of likely N-dealkylation sites (tertiary alicyclic amines) is 1. The van der Waals surface area contributed by atoms with Crippen molar-refractivity contribution in [1.29, 1.82) is 0 Å². The molecule has 1 aliphatic rings. The highest BCUT2D eigenvalue weighted by molar-refractivity contribution is 5.94. The summed E-state index contributed by atoms with van der Waals surface area (Å²) in [6.07, 6.45) is 1.62. The maximum absolute atomic E-state index is 12.7. The molecule has 0 radical (unpaired) electrons. The highest BCUT2D eigenvalue weighted by Crippen LogP contribution is 2.26. The van der Waals surface area contributed by atoms with Crippen molar-refractivity contribution in [3.05, 3.63) is 54.6 Å². The Morgan fingerprint density at radius 3 is 2.82 bits per heavy atom. The van der Waals surface area contributed by atoms with E-state index in [0.717, 1.165) is 47.2 Å². The number of aliphatic carboxylic acids is 1. The molecule has 0 spiro atoms. The van der Waals surface area contributed by atoms with Gasteiger partial charge in [0, 0.05) is 34.4 Å². The summed E-state index contributed by atoms with van der Waals surface area (Å²) in [4.78, 5) is 28.9. The maximum Gasteiger partial charge on any atom is 0.317 e. The molecule has 0 saturated carbocycles. The number of aromatic amines is 1. The minimum atomic E-state index is -0.855. The van der Waals surface area contributed by atoms with Crippen molar-refractivity contribution in [1.82, 2.24) is 9.88 Å². The van der Waals surface area contributed by atoms with E-state index in [1.807, 2.05) is 47.4 Å². The van der Waals surface area contributed by atoms with Gasteiger partial charge in [0.05, 0.1) is 12.5 Å². The average Bonchev–Trinajstić information content (AvgIpc) is 3.12. The number of hydrogen-bond donors (Lipinski definition) is 3. The molecule has 2 heterocycles. The highest BCUT2D eigenvalue weighted by Gasteiger charge is 2.26. The molecule has 6 nitrogen and oxygen atoms in total. The first-order chi connectivity index (χ1) is 13.6. The van der Waals surface area contributed by atoms with Crippen LogP contribution in [-0.2, 0) is 9.59 Å². The van der Waals surface area contributed by atoms with Crippen molar-refractivity contribution < 1.29 is 14.7 Å². The van der Waals surface area contributed by atoms with E-state index in [1.54, 1.807) is 0 Å². The Balaban J connectivity index is 1.47. The first-order valence-electron chi connectivity index (χ1n) is 9.52. The van der Waals surface area contributed by atoms with Gasteiger partial charge in [0.15, 0.2) is 0 Å². The molecule has 1 aromatic heterocycles. The van der Waals surface area contributed by atoms with Gasteiger partial charge in [0.25, 0.3) is 0 Å². The minimum Gasteiger partial charge on any atom is -0.480 e. The fourth-order valence-corrected chi connectivity index (χ4v) is 3.84. The summed E-state index contributed by atoms with van der Waals surface area (Å²) in [5.74, 6) is -1.10. The average molecular weight is 377 g/mol. The normalized spacial score (nSPS) is 17.5. The van der Waals surface area contributed by atoms with Gasteiger partial charge in [-0.1, -0.05) is 30.3 Å². The van der Waals surface area contributed by atoms with Crippen molar-refractivity contribution in [2.45, 2.75) is 12.8 Å². The molecular weight excluding hydrogens is 354 g/mol. The molecule has 1 aliphatic heterocycles. The van der Waals surface area contributed by atoms with E-state index >= 15 is 0 Å². The SMILES string of the molecule is O=C(O)CN1CCC[C@@H](C(=O)Nc2cccc(-c3cc4ccccc4[nH]3)c2)C1. The summed E-state index contributed by atoms with van der Waals surface area (Å²) in [7, 11) is 0. The van der Waals surface area contributed by atoms with E-state index in [-0.39, 0.29) is 18.4 Å². The number of carboxylic acids is 1. The molecule has 1 atom stereocenters. The van der Waals surface area contributed by atoms with Crippen LogP contribution in [0.3, 0.4) is 0 Å². The summed E-state index contributed by atoms with van der Waals surface area (Å²) >= 11 is 0. The monoisotopic (exact) mass is 377 g/mol. The number of carbonyl (C=O) groups is 2. The van der Waals surface area contributed by atoms with Crippen LogP contribution in [0, 0.1) is 5.92 Å². The summed E-state index contributed by atoms with van der Waals surface area (Å²) < 4.78 is 0. The van der Waals surface area contributed by atoms with Crippen LogP contribution in [0.1, 0.15) is 12.8 Å². The molecule has 3 aromatic rings. The van der Waals surface area contributed by atoms with Gasteiger partial charge in [-0.15, -0.1) is 0 Å². The first kappa shape index (κ1) is 18.3. The third-order valence-electron chi connectivity index (χ3n) is 5.21. The zero-order valence-electron chi connectivity index (χ0n) is 15.5. The zero-order valence-corrected chi connectivity index (χ0v) is 15.5. The third-order valence-corrected chi connectivity index (χ3v) is 5.21. The number of rotatable bonds is 5. The van der Waals surface area contributed by atoms with Gasteiger partial charge in [0.2, 0.25) is 5.91 Å². The van der Waals surface area contributed by atoms with Gasteiger partial charge in [-0.3, -0.25) is 14.5 Å². The Labute approximate surface area is 163 Å². The van der Waals surface area contributed by atoms with E-state index in [2.05, 4.69) is 22.4 Å². The third kappa shape index (κ3) is 4.07. The number of carbonyl (C=O) groups excluding carboxylic acids is 1. The lowest BCUT2D eigenvalue weighted by atomic mass is 9.97. The second-order valence-electron chi connectivity index (χ2n) is 7.31. The number of fused-ring (bicyclic) bond motifs is 1. The number of piperidine rings is 1. The van der Waals surface area contributed by atoms with Crippen LogP contribution in [0.4, 0.5) is 5.69 Å². The predicted molar refractivity (Wildman–Crippen MR) is 109 cm³/mol. The van der Waals surface area contributed by atoms with Crippen molar-refractivity contribution >= 4 is 28.5 Å². The Kier molecular flexibility index (Phi) is 5.12. The lowest BCUT2D eigenvalue weighted by Gasteiger charge is -2.30. The van der Waals surface area contributed by atoms with Gasteiger partial charge in [-0.2, -0.15) is 0 Å². The Morgan fingerprint density at radius 2 is 2.00 bits per heavy atom. The van der Waals surface area contributed by atoms with Crippen molar-refractivity contribution in [2.75, 3.05) is 25.0 Å². The van der Waals surface area contributed by atoms with Gasteiger partial charge in [0.1, 0.15) is 0 Å². The topological polar surface area (TPSA) is 85.4 Å². The van der Waals surface area contributed by atoms with E-state index in [4.69, 9.17) is 5.11 Å². The number of aromatic nitrogens is 1. The van der Waals surface area contributed by atoms with Crippen LogP contribution >= 0.6 is 0 Å². The number of carboxylic acid groups (broad SMARTS) is 1. The standard InChI is InChI=1S/C22H23N3O3/c26-21(27)14-25-10-4-7-17(13-25)22(28)23-18-8-3-6-15(11-18)20-12-16-5-1-2-9-19(16)24-20/h1-3,5-6,8-9,11-12,17,24H,4,7,10,13-14H2,(H,23,28)(H,26,27)/t17-/m1/s1. The number of H-pyrrole nitrogens is 1. The molecule has 28 heavy (non-hydrogen) atoms. The van der Waals surface area contributed by atoms with Crippen LogP contribution in [0.2, 0.25) is 0 Å². The van der Waals surface area contributed by atoms with E-state index < -0.39 is 5.97 Å². The second kappa shape index (κ2) is 7.86. The lowest BCUT2D eigenvalue weighted by molar-refractivity contribution is -0.139. The molecule has 1 amide bonds. The maximum atomic E-state index is 12.7. The molecule has 0 bridgehead atoms. The summed E-state index contributed by atoms with van der Waals surface area (Å²) in [5, 5.41) is 13.1. The van der Waals surface area contributed by atoms with E-state index in [9.17, 15) is 9.59 Å². The smallest absolute Gasteiger partial charge is 0.317 e. The first-order valence-corrected chi connectivity index (χ1v) is 9.52. The molecule has 3 N–H and O–H groups in total. The molecule has 6 heteroatoms. The fourth-order valence-electron chi connectivity index (χ4n) is 3.84. The van der Waals surface area contributed by atoms with E-state index in [0.29, 0.717) is 6.54 Å². The number of amides is 1. The highest BCUT2D eigenvalue weighted by atomic mass is 16.4. The molecule has 4 rings (SSSR count). The molecule has 0 unspecified atom stereocenters. The summed E-state index contributed by atoms with van der Waals surface area (Å²) in [6, 6.07) is 18.0. The van der Waals surface area contributed by atoms with Crippen LogP contribution in [0.25, 0.3) is 22.2 Å². The number of hydrogen-bond acceptors (Lipinski definition) is 3. The van der Waals surface area contributed by atoms with Crippen molar-refractivity contribution in [3.63, 3.8) is 0 Å². The van der Waals surface area contributed by atoms with Crippen LogP contribution in [-0.4, -0.2) is 46.5 Å². The van der Waals surface area contributed by atoms with Crippen LogP contribution in [0.15, 0.2) is 54.6 Å². The number of nitrogens with one attached hydrogen (secondary N) is 2.